The molecule has 0 spiro atoms. The molecule has 0 saturated carbocycles. The predicted octanol–water partition coefficient (Wildman–Crippen LogP) is 1.52. The maximum atomic E-state index is 7.29. The second-order valence-electron chi connectivity index (χ2n) is 3.77. The molecule has 1 aromatic heterocycles. The highest BCUT2D eigenvalue weighted by Gasteiger charge is 1.99. The number of rotatable bonds is 3. The van der Waals surface area contributed by atoms with Gasteiger partial charge in [0.05, 0.1) is 12.2 Å². The van der Waals surface area contributed by atoms with Gasteiger partial charge in [-0.25, -0.2) is 0 Å². The van der Waals surface area contributed by atoms with Crippen LogP contribution in [-0.2, 0) is 6.54 Å². The van der Waals surface area contributed by atoms with Crippen LogP contribution < -0.4 is 5.73 Å². The second-order valence-corrected chi connectivity index (χ2v) is 3.77. The van der Waals surface area contributed by atoms with Crippen LogP contribution in [0.2, 0.25) is 0 Å². The summed E-state index contributed by atoms with van der Waals surface area (Å²) in [4.78, 5) is 0. The summed E-state index contributed by atoms with van der Waals surface area (Å²) in [5.41, 5.74) is 8.30. The van der Waals surface area contributed by atoms with Crippen molar-refractivity contribution in [1.82, 2.24) is 9.78 Å². The number of hydrogen-bond acceptors (Lipinski definition) is 2. The van der Waals surface area contributed by atoms with Crippen LogP contribution in [0.1, 0.15) is 16.8 Å². The Kier molecular flexibility index (Phi) is 2.72. The third-order valence-electron chi connectivity index (χ3n) is 2.38. The number of nitrogens with zero attached hydrogens (tertiary/aromatic N) is 2. The topological polar surface area (TPSA) is 67.7 Å². The van der Waals surface area contributed by atoms with Gasteiger partial charge >= 0.3 is 0 Å². The number of hydrogen-bond donors (Lipinski definition) is 2. The van der Waals surface area contributed by atoms with Crippen molar-refractivity contribution in [3.8, 4) is 0 Å². The van der Waals surface area contributed by atoms with E-state index in [9.17, 15) is 0 Å². The first-order chi connectivity index (χ1) is 7.65. The van der Waals surface area contributed by atoms with Gasteiger partial charge in [-0.05, 0) is 18.6 Å². The molecule has 1 heterocycles. The number of amidine groups is 1. The molecule has 0 bridgehead atoms. The zero-order valence-electron chi connectivity index (χ0n) is 9.14. The van der Waals surface area contributed by atoms with Crippen molar-refractivity contribution in [2.24, 2.45) is 5.73 Å². The molecule has 2 aromatic rings. The summed E-state index contributed by atoms with van der Waals surface area (Å²) in [5.74, 6) is 0.0986. The average molecular weight is 214 g/mol. The number of nitrogens with one attached hydrogen (secondary N) is 1. The van der Waals surface area contributed by atoms with Crippen LogP contribution in [0.25, 0.3) is 0 Å². The minimum absolute atomic E-state index is 0.0986. The summed E-state index contributed by atoms with van der Waals surface area (Å²) in [6, 6.07) is 9.62. The fourth-order valence-electron chi connectivity index (χ4n) is 1.53. The van der Waals surface area contributed by atoms with E-state index in [4.69, 9.17) is 11.1 Å². The van der Waals surface area contributed by atoms with Crippen LogP contribution in [0, 0.1) is 12.3 Å². The SMILES string of the molecule is Cc1ccn(Cc2ccc(C(=N)N)cc2)n1. The van der Waals surface area contributed by atoms with Crippen molar-refractivity contribution in [1.29, 1.82) is 5.41 Å². The van der Waals surface area contributed by atoms with E-state index in [2.05, 4.69) is 5.10 Å². The Labute approximate surface area is 94.2 Å². The lowest BCUT2D eigenvalue weighted by atomic mass is 10.1. The average Bonchev–Trinajstić information content (AvgIpc) is 2.65. The summed E-state index contributed by atoms with van der Waals surface area (Å²) in [7, 11) is 0. The zero-order chi connectivity index (χ0) is 11.5. The molecule has 4 nitrogen and oxygen atoms in total. The fraction of sp³-hybridized carbons (Fsp3) is 0.167. The Balaban J connectivity index is 2.14. The van der Waals surface area contributed by atoms with Crippen LogP contribution in [-0.4, -0.2) is 15.6 Å². The van der Waals surface area contributed by atoms with Gasteiger partial charge in [0.15, 0.2) is 0 Å². The molecule has 0 fully saturated rings. The minimum Gasteiger partial charge on any atom is -0.384 e. The van der Waals surface area contributed by atoms with Crippen LogP contribution in [0.15, 0.2) is 36.5 Å². The Hall–Kier alpha value is -2.10. The molecule has 2 rings (SSSR count). The Bertz CT molecular complexity index is 496. The van der Waals surface area contributed by atoms with Crippen LogP contribution >= 0.6 is 0 Å². The van der Waals surface area contributed by atoms with E-state index < -0.39 is 0 Å². The number of aromatic nitrogens is 2. The van der Waals surface area contributed by atoms with Gasteiger partial charge in [-0.1, -0.05) is 24.3 Å². The second kappa shape index (κ2) is 4.18. The first-order valence-electron chi connectivity index (χ1n) is 5.08. The highest BCUT2D eigenvalue weighted by molar-refractivity contribution is 5.94. The lowest BCUT2D eigenvalue weighted by molar-refractivity contribution is 0.679. The highest BCUT2D eigenvalue weighted by atomic mass is 15.3. The maximum Gasteiger partial charge on any atom is 0.122 e. The van der Waals surface area contributed by atoms with E-state index in [1.807, 2.05) is 48.1 Å². The molecule has 0 atom stereocenters. The fourth-order valence-corrected chi connectivity index (χ4v) is 1.53. The van der Waals surface area contributed by atoms with Gasteiger partial charge < -0.3 is 5.73 Å². The van der Waals surface area contributed by atoms with Gasteiger partial charge in [-0.15, -0.1) is 0 Å². The molecule has 0 radical (unpaired) electrons. The lowest BCUT2D eigenvalue weighted by Gasteiger charge is -2.03. The van der Waals surface area contributed by atoms with E-state index in [1.165, 1.54) is 0 Å². The van der Waals surface area contributed by atoms with E-state index in [1.54, 1.807) is 0 Å². The van der Waals surface area contributed by atoms with E-state index in [0.29, 0.717) is 0 Å². The first-order valence-corrected chi connectivity index (χ1v) is 5.08. The zero-order valence-corrected chi connectivity index (χ0v) is 9.14. The number of nitrogens with two attached hydrogens (primary N) is 1. The van der Waals surface area contributed by atoms with Crippen molar-refractivity contribution in [3.05, 3.63) is 53.3 Å². The summed E-state index contributed by atoms with van der Waals surface area (Å²) in [6.45, 7) is 2.71. The number of nitrogen functional groups attached to an aromatic ring is 1. The molecule has 82 valence electrons. The van der Waals surface area contributed by atoms with Crippen molar-refractivity contribution in [3.63, 3.8) is 0 Å². The molecule has 3 N–H and O–H groups in total. The molecule has 0 unspecified atom stereocenters. The standard InChI is InChI=1S/C12H14N4/c1-9-6-7-16(15-9)8-10-2-4-11(5-3-10)12(13)14/h2-7H,8H2,1H3,(H3,13,14). The molecular formula is C12H14N4. The molecular weight excluding hydrogens is 200 g/mol. The van der Waals surface area contributed by atoms with E-state index in [0.717, 1.165) is 23.4 Å². The number of aryl methyl sites for hydroxylation is 1. The van der Waals surface area contributed by atoms with Crippen molar-refractivity contribution < 1.29 is 0 Å². The molecule has 0 amide bonds. The summed E-state index contributed by atoms with van der Waals surface area (Å²) in [5, 5.41) is 11.6. The van der Waals surface area contributed by atoms with Crippen molar-refractivity contribution >= 4 is 5.84 Å². The van der Waals surface area contributed by atoms with Gasteiger partial charge in [-0.2, -0.15) is 5.10 Å². The summed E-state index contributed by atoms with van der Waals surface area (Å²) < 4.78 is 1.89. The molecule has 0 aliphatic rings. The smallest absolute Gasteiger partial charge is 0.122 e. The highest BCUT2D eigenvalue weighted by Crippen LogP contribution is 2.06. The largest absolute Gasteiger partial charge is 0.384 e. The van der Waals surface area contributed by atoms with Crippen molar-refractivity contribution in [2.75, 3.05) is 0 Å². The Morgan fingerprint density at radius 3 is 2.50 bits per heavy atom. The maximum absolute atomic E-state index is 7.29. The molecule has 16 heavy (non-hydrogen) atoms. The molecule has 0 saturated heterocycles. The lowest BCUT2D eigenvalue weighted by Crippen LogP contribution is -2.11. The quantitative estimate of drug-likeness (QED) is 0.601. The van der Waals surface area contributed by atoms with Crippen LogP contribution in [0.5, 0.6) is 0 Å². The van der Waals surface area contributed by atoms with Gasteiger partial charge in [0, 0.05) is 11.8 Å². The Morgan fingerprint density at radius 1 is 1.31 bits per heavy atom. The monoisotopic (exact) mass is 214 g/mol. The normalized spacial score (nSPS) is 10.3. The van der Waals surface area contributed by atoms with Crippen LogP contribution in [0.4, 0.5) is 0 Å². The first kappa shape index (κ1) is 10.4. The van der Waals surface area contributed by atoms with Gasteiger partial charge in [0.25, 0.3) is 0 Å². The summed E-state index contributed by atoms with van der Waals surface area (Å²) >= 11 is 0. The number of benzene rings is 1. The van der Waals surface area contributed by atoms with Crippen LogP contribution in [0.3, 0.4) is 0 Å². The predicted molar refractivity (Wildman–Crippen MR) is 63.5 cm³/mol. The van der Waals surface area contributed by atoms with Gasteiger partial charge in [0.1, 0.15) is 5.84 Å². The molecule has 0 aliphatic heterocycles. The van der Waals surface area contributed by atoms with E-state index >= 15 is 0 Å². The van der Waals surface area contributed by atoms with Gasteiger partial charge in [0.2, 0.25) is 0 Å². The van der Waals surface area contributed by atoms with Gasteiger partial charge in [-0.3, -0.25) is 10.1 Å². The third-order valence-corrected chi connectivity index (χ3v) is 2.38. The summed E-state index contributed by atoms with van der Waals surface area (Å²) in [6.07, 6.45) is 1.95. The molecule has 1 aromatic carbocycles. The molecule has 0 aliphatic carbocycles. The van der Waals surface area contributed by atoms with Crippen molar-refractivity contribution in [2.45, 2.75) is 13.5 Å². The Morgan fingerprint density at radius 2 is 2.00 bits per heavy atom. The third kappa shape index (κ3) is 2.28. The molecule has 4 heteroatoms. The minimum atomic E-state index is 0.0986. The van der Waals surface area contributed by atoms with E-state index in [-0.39, 0.29) is 5.84 Å².